The summed E-state index contributed by atoms with van der Waals surface area (Å²) in [6.45, 7) is -1.80. The summed E-state index contributed by atoms with van der Waals surface area (Å²) in [5, 5.41) is 21.0. The number of carbonyl (C=O) groups is 4. The van der Waals surface area contributed by atoms with Gasteiger partial charge in [0.05, 0.1) is 5.54 Å². The number of carbonyl (C=O) groups excluding carboxylic acids is 3. The Hall–Kier alpha value is -5.84. The van der Waals surface area contributed by atoms with Crippen molar-refractivity contribution >= 4 is 52.8 Å². The van der Waals surface area contributed by atoms with Crippen molar-refractivity contribution in [3.05, 3.63) is 94.8 Å². The summed E-state index contributed by atoms with van der Waals surface area (Å²) in [7, 11) is 0. The molecule has 1 fully saturated rings. The fourth-order valence-electron chi connectivity index (χ4n) is 5.15. The second kappa shape index (κ2) is 17.1. The van der Waals surface area contributed by atoms with Gasteiger partial charge in [0.25, 0.3) is 11.8 Å². The van der Waals surface area contributed by atoms with Gasteiger partial charge in [-0.2, -0.15) is 28.1 Å². The van der Waals surface area contributed by atoms with Gasteiger partial charge in [-0.3, -0.25) is 19.4 Å². The van der Waals surface area contributed by atoms with Gasteiger partial charge in [0, 0.05) is 41.6 Å². The van der Waals surface area contributed by atoms with Crippen LogP contribution in [-0.4, -0.2) is 74.0 Å². The quantitative estimate of drug-likeness (QED) is 0.0855. The Morgan fingerprint density at radius 3 is 2.25 bits per heavy atom. The zero-order chi connectivity index (χ0) is 38.0. The molecule has 2 aromatic carbocycles. The Kier molecular flexibility index (Phi) is 12.4. The topological polar surface area (TPSA) is 197 Å². The van der Waals surface area contributed by atoms with E-state index in [9.17, 15) is 37.5 Å². The van der Waals surface area contributed by atoms with Crippen LogP contribution in [0.3, 0.4) is 0 Å². The van der Waals surface area contributed by atoms with Crippen LogP contribution in [0.2, 0.25) is 5.02 Å². The highest BCUT2D eigenvalue weighted by atomic mass is 35.5. The maximum absolute atomic E-state index is 12.9. The molecule has 0 spiro atoms. The van der Waals surface area contributed by atoms with Gasteiger partial charge in [-0.1, -0.05) is 23.7 Å². The third-order valence-electron chi connectivity index (χ3n) is 8.07. The molecular formula is C35H34ClF3N8O6. The van der Waals surface area contributed by atoms with Gasteiger partial charge in [-0.15, -0.1) is 0 Å². The maximum atomic E-state index is 12.9. The summed E-state index contributed by atoms with van der Waals surface area (Å²) >= 11 is 6.02. The number of anilines is 3. The molecule has 0 aliphatic heterocycles. The van der Waals surface area contributed by atoms with Crippen LogP contribution in [-0.2, 0) is 26.3 Å². The van der Waals surface area contributed by atoms with Gasteiger partial charge in [0.15, 0.2) is 6.61 Å². The summed E-state index contributed by atoms with van der Waals surface area (Å²) in [6, 6.07) is 14.4. The number of rotatable bonds is 18. The van der Waals surface area contributed by atoms with E-state index in [1.165, 1.54) is 24.3 Å². The fourth-order valence-corrected chi connectivity index (χ4v) is 5.28. The van der Waals surface area contributed by atoms with E-state index in [0.717, 1.165) is 11.1 Å². The number of halogens is 4. The second-order valence-corrected chi connectivity index (χ2v) is 12.6. The van der Waals surface area contributed by atoms with Crippen molar-refractivity contribution in [2.75, 3.05) is 23.8 Å². The third-order valence-corrected chi connectivity index (χ3v) is 8.33. The van der Waals surface area contributed by atoms with Crippen LogP contribution in [0.15, 0.2) is 73.1 Å². The van der Waals surface area contributed by atoms with Crippen molar-refractivity contribution in [3.8, 4) is 6.01 Å². The first-order valence-electron chi connectivity index (χ1n) is 16.4. The first-order valence-corrected chi connectivity index (χ1v) is 16.8. The van der Waals surface area contributed by atoms with E-state index >= 15 is 0 Å². The van der Waals surface area contributed by atoms with Gasteiger partial charge in [-0.25, -0.2) is 4.79 Å². The number of hydrogen-bond donors (Lipinski definition) is 5. The number of aryl methyl sites for hydroxylation is 1. The molecule has 4 aromatic rings. The highest BCUT2D eigenvalue weighted by molar-refractivity contribution is 6.36. The van der Waals surface area contributed by atoms with Crippen molar-refractivity contribution in [1.82, 2.24) is 30.6 Å². The molecule has 2 amide bonds. The summed E-state index contributed by atoms with van der Waals surface area (Å²) in [4.78, 5) is 65.3. The van der Waals surface area contributed by atoms with Gasteiger partial charge < -0.3 is 31.1 Å². The molecule has 0 radical (unpaired) electrons. The molecule has 0 unspecified atom stereocenters. The Balaban J connectivity index is 1.16. The SMILES string of the molecule is O=C(CCCc1ccncc1)C(=O)NCC[C@H](NC(=O)c1ccc(Nc2nc(NC3(c4ccc(Cl)cc4)CC3)nc(OCC(F)(F)F)n2)cc1)C(=O)O. The van der Waals surface area contributed by atoms with E-state index in [2.05, 4.69) is 41.2 Å². The van der Waals surface area contributed by atoms with Crippen LogP contribution in [0.4, 0.5) is 30.8 Å². The van der Waals surface area contributed by atoms with Crippen molar-refractivity contribution in [2.45, 2.75) is 56.3 Å². The van der Waals surface area contributed by atoms with Gasteiger partial charge in [-0.05, 0) is 91.8 Å². The van der Waals surface area contributed by atoms with Crippen molar-refractivity contribution in [2.24, 2.45) is 0 Å². The zero-order valence-electron chi connectivity index (χ0n) is 28.0. The molecule has 2 aromatic heterocycles. The first-order chi connectivity index (χ1) is 25.3. The fraction of sp³-hybridized carbons (Fsp3) is 0.314. The zero-order valence-corrected chi connectivity index (χ0v) is 28.7. The number of aliphatic carboxylic acids is 1. The van der Waals surface area contributed by atoms with Crippen LogP contribution in [0.25, 0.3) is 0 Å². The molecule has 1 aliphatic carbocycles. The molecule has 53 heavy (non-hydrogen) atoms. The molecule has 14 nitrogen and oxygen atoms in total. The third kappa shape index (κ3) is 11.6. The lowest BCUT2D eigenvalue weighted by Crippen LogP contribution is -2.43. The number of ether oxygens (including phenoxy) is 1. The number of carboxylic acid groups (broad SMARTS) is 1. The lowest BCUT2D eigenvalue weighted by atomic mass is 10.1. The Labute approximate surface area is 306 Å². The Bertz CT molecular complexity index is 1910. The Morgan fingerprint density at radius 2 is 1.60 bits per heavy atom. The van der Waals surface area contributed by atoms with Gasteiger partial charge >= 0.3 is 18.2 Å². The molecule has 5 N–H and O–H groups in total. The predicted octanol–water partition coefficient (Wildman–Crippen LogP) is 4.99. The lowest BCUT2D eigenvalue weighted by molar-refractivity contribution is -0.154. The van der Waals surface area contributed by atoms with E-state index in [4.69, 9.17) is 16.3 Å². The first kappa shape index (κ1) is 38.4. The largest absolute Gasteiger partial charge is 0.480 e. The number of hydrogen-bond acceptors (Lipinski definition) is 11. The van der Waals surface area contributed by atoms with Crippen LogP contribution in [0.5, 0.6) is 6.01 Å². The minimum atomic E-state index is -4.64. The molecule has 0 bridgehead atoms. The number of carboxylic acids is 1. The van der Waals surface area contributed by atoms with Crippen LogP contribution in [0.1, 0.15) is 53.6 Å². The number of nitrogens with one attached hydrogen (secondary N) is 4. The molecule has 0 saturated heterocycles. The highest BCUT2D eigenvalue weighted by Gasteiger charge is 2.45. The minimum Gasteiger partial charge on any atom is -0.480 e. The highest BCUT2D eigenvalue weighted by Crippen LogP contribution is 2.48. The van der Waals surface area contributed by atoms with E-state index in [1.807, 2.05) is 24.3 Å². The lowest BCUT2D eigenvalue weighted by Gasteiger charge is -2.19. The van der Waals surface area contributed by atoms with E-state index < -0.39 is 53.9 Å². The number of benzene rings is 2. The average Bonchev–Trinajstić information content (AvgIpc) is 3.91. The number of Topliss-reactive ketones (excluding diaryl/α,β-unsaturated/α-hetero) is 1. The number of ketones is 1. The normalized spacial score (nSPS) is 13.7. The number of nitrogens with zero attached hydrogens (tertiary/aromatic N) is 4. The molecule has 2 heterocycles. The summed E-state index contributed by atoms with van der Waals surface area (Å²) in [6.07, 6.45) is 0.910. The molecule has 1 saturated carbocycles. The van der Waals surface area contributed by atoms with Crippen molar-refractivity contribution in [1.29, 1.82) is 0 Å². The number of alkyl halides is 3. The monoisotopic (exact) mass is 754 g/mol. The molecule has 18 heteroatoms. The van der Waals surface area contributed by atoms with Gasteiger partial charge in [0.1, 0.15) is 6.04 Å². The smallest absolute Gasteiger partial charge is 0.422 e. The average molecular weight is 755 g/mol. The summed E-state index contributed by atoms with van der Waals surface area (Å²) in [5.74, 6) is -3.74. The molecular weight excluding hydrogens is 721 g/mol. The Morgan fingerprint density at radius 1 is 0.925 bits per heavy atom. The van der Waals surface area contributed by atoms with Crippen molar-refractivity contribution < 1.29 is 42.2 Å². The van der Waals surface area contributed by atoms with Crippen LogP contribution < -0.4 is 26.0 Å². The second-order valence-electron chi connectivity index (χ2n) is 12.1. The van der Waals surface area contributed by atoms with Crippen LogP contribution >= 0.6 is 11.6 Å². The van der Waals surface area contributed by atoms with E-state index in [1.54, 1.807) is 24.5 Å². The molecule has 5 rings (SSSR count). The molecule has 278 valence electrons. The molecule has 1 aliphatic rings. The number of amides is 2. The minimum absolute atomic E-state index is 0.0153. The number of pyridine rings is 1. The van der Waals surface area contributed by atoms with Crippen molar-refractivity contribution in [3.63, 3.8) is 0 Å². The summed E-state index contributed by atoms with van der Waals surface area (Å²) in [5.41, 5.74) is 1.73. The predicted molar refractivity (Wildman–Crippen MR) is 186 cm³/mol. The summed E-state index contributed by atoms with van der Waals surface area (Å²) < 4.78 is 43.6. The maximum Gasteiger partial charge on any atom is 0.422 e. The molecule has 1 atom stereocenters. The van der Waals surface area contributed by atoms with Gasteiger partial charge in [0.2, 0.25) is 17.7 Å². The number of aromatic nitrogens is 4. The van der Waals surface area contributed by atoms with E-state index in [-0.39, 0.29) is 36.8 Å². The standard InChI is InChI=1S/C35H34ClF3N8O6/c36-24-8-6-23(7-9-24)34(15-16-34)47-32-44-31(45-33(46-32)53-20-35(37,38)39)42-25-10-4-22(5-11-25)28(49)43-26(30(51)52)14-19-41-29(50)27(48)3-1-2-21-12-17-40-18-13-21/h4-13,17-18,26H,1-3,14-16,19-20H2,(H,41,50)(H,43,49)(H,51,52)(H2,42,44,45,46,47)/t26-/m0/s1. The van der Waals surface area contributed by atoms with E-state index in [0.29, 0.717) is 36.4 Å². The van der Waals surface area contributed by atoms with Crippen LogP contribution in [0, 0.1) is 0 Å².